The lowest BCUT2D eigenvalue weighted by atomic mass is 9.97. The zero-order chi connectivity index (χ0) is 15.4. The van der Waals surface area contributed by atoms with Gasteiger partial charge in [-0.05, 0) is 31.0 Å². The molecule has 1 N–H and O–H groups in total. The summed E-state index contributed by atoms with van der Waals surface area (Å²) in [4.78, 5) is 0. The molecule has 1 saturated heterocycles. The Bertz CT molecular complexity index is 619. The van der Waals surface area contributed by atoms with E-state index in [2.05, 4.69) is 10.4 Å². The predicted octanol–water partition coefficient (Wildman–Crippen LogP) is 2.89. The predicted molar refractivity (Wildman–Crippen MR) is 90.2 cm³/mol. The van der Waals surface area contributed by atoms with E-state index in [0.29, 0.717) is 12.3 Å². The zero-order valence-electron chi connectivity index (χ0n) is 13.2. The third-order valence-corrected chi connectivity index (χ3v) is 4.20. The molecule has 0 amide bonds. The van der Waals surface area contributed by atoms with Crippen LogP contribution in [-0.2, 0) is 18.2 Å². The van der Waals surface area contributed by atoms with E-state index in [0.717, 1.165) is 37.2 Å². The quantitative estimate of drug-likeness (QED) is 0.822. The molecule has 0 spiro atoms. The van der Waals surface area contributed by atoms with Gasteiger partial charge in [-0.15, -0.1) is 12.4 Å². The van der Waals surface area contributed by atoms with Gasteiger partial charge in [-0.2, -0.15) is 5.10 Å². The maximum Gasteiger partial charge on any atom is 0.126 e. The lowest BCUT2D eigenvalue weighted by molar-refractivity contribution is 0.0905. The molecule has 23 heavy (non-hydrogen) atoms. The summed E-state index contributed by atoms with van der Waals surface area (Å²) in [5, 5.41) is 7.65. The molecule has 6 heteroatoms. The van der Waals surface area contributed by atoms with Crippen LogP contribution in [-0.4, -0.2) is 29.5 Å². The highest BCUT2D eigenvalue weighted by Crippen LogP contribution is 2.33. The minimum absolute atomic E-state index is 0. The van der Waals surface area contributed by atoms with Gasteiger partial charge in [0, 0.05) is 37.9 Å². The lowest BCUT2D eigenvalue weighted by Crippen LogP contribution is -2.26. The van der Waals surface area contributed by atoms with Crippen LogP contribution in [0.15, 0.2) is 36.7 Å². The summed E-state index contributed by atoms with van der Waals surface area (Å²) < 4.78 is 21.2. The van der Waals surface area contributed by atoms with Crippen molar-refractivity contribution in [1.82, 2.24) is 15.1 Å². The van der Waals surface area contributed by atoms with E-state index in [9.17, 15) is 4.39 Å². The fourth-order valence-corrected chi connectivity index (χ4v) is 3.01. The van der Waals surface area contributed by atoms with E-state index in [1.54, 1.807) is 10.7 Å². The van der Waals surface area contributed by atoms with Crippen LogP contribution < -0.4 is 5.32 Å². The van der Waals surface area contributed by atoms with Crippen LogP contribution in [0, 0.1) is 11.7 Å². The second-order valence-electron chi connectivity index (χ2n) is 5.83. The number of nitrogens with one attached hydrogen (secondary N) is 1. The average molecular weight is 340 g/mol. The van der Waals surface area contributed by atoms with Gasteiger partial charge in [0.05, 0.1) is 12.3 Å². The van der Waals surface area contributed by atoms with E-state index in [4.69, 9.17) is 4.74 Å². The van der Waals surface area contributed by atoms with Crippen molar-refractivity contribution in [2.24, 2.45) is 13.0 Å². The lowest BCUT2D eigenvalue weighted by Gasteiger charge is -2.17. The Kier molecular flexibility index (Phi) is 6.57. The second kappa shape index (κ2) is 8.43. The highest BCUT2D eigenvalue weighted by Gasteiger charge is 2.30. The molecule has 1 fully saturated rings. The largest absolute Gasteiger partial charge is 0.373 e. The fraction of sp³-hybridized carbons (Fsp3) is 0.471. The highest BCUT2D eigenvalue weighted by atomic mass is 35.5. The van der Waals surface area contributed by atoms with Gasteiger partial charge in [-0.3, -0.25) is 4.68 Å². The van der Waals surface area contributed by atoms with Gasteiger partial charge >= 0.3 is 0 Å². The molecule has 2 aromatic rings. The van der Waals surface area contributed by atoms with E-state index in [-0.39, 0.29) is 24.3 Å². The number of rotatable bonds is 6. The molecule has 1 aromatic carbocycles. The summed E-state index contributed by atoms with van der Waals surface area (Å²) in [6.45, 7) is 2.45. The van der Waals surface area contributed by atoms with E-state index < -0.39 is 0 Å². The minimum atomic E-state index is -0.123. The fourth-order valence-electron chi connectivity index (χ4n) is 3.01. The first kappa shape index (κ1) is 17.9. The molecule has 126 valence electrons. The molecule has 3 rings (SSSR count). The van der Waals surface area contributed by atoms with Gasteiger partial charge < -0.3 is 10.1 Å². The summed E-state index contributed by atoms with van der Waals surface area (Å²) in [5.41, 5.74) is 1.90. The Morgan fingerprint density at radius 1 is 1.39 bits per heavy atom. The third-order valence-electron chi connectivity index (χ3n) is 4.20. The number of aryl methyl sites for hydroxylation is 1. The van der Waals surface area contributed by atoms with Crippen LogP contribution in [0.1, 0.15) is 23.7 Å². The van der Waals surface area contributed by atoms with Crippen molar-refractivity contribution in [1.29, 1.82) is 0 Å². The molecule has 0 radical (unpaired) electrons. The number of benzene rings is 1. The first-order valence-corrected chi connectivity index (χ1v) is 7.78. The molecule has 2 heterocycles. The maximum absolute atomic E-state index is 13.5. The summed E-state index contributed by atoms with van der Waals surface area (Å²) in [7, 11) is 1.92. The number of nitrogens with zero attached hydrogens (tertiary/aromatic N) is 2. The van der Waals surface area contributed by atoms with Gasteiger partial charge in [-0.25, -0.2) is 4.39 Å². The Morgan fingerprint density at radius 2 is 2.22 bits per heavy atom. The van der Waals surface area contributed by atoms with Gasteiger partial charge in [0.1, 0.15) is 5.82 Å². The molecule has 0 bridgehead atoms. The van der Waals surface area contributed by atoms with Crippen LogP contribution in [0.2, 0.25) is 0 Å². The van der Waals surface area contributed by atoms with E-state index in [1.807, 2.05) is 31.6 Å². The van der Waals surface area contributed by atoms with Crippen molar-refractivity contribution < 1.29 is 9.13 Å². The summed E-state index contributed by atoms with van der Waals surface area (Å²) in [5.74, 6) is 0.326. The summed E-state index contributed by atoms with van der Waals surface area (Å²) >= 11 is 0. The van der Waals surface area contributed by atoms with Crippen molar-refractivity contribution in [3.05, 3.63) is 53.6 Å². The number of hydrogen-bond acceptors (Lipinski definition) is 3. The Morgan fingerprint density at radius 3 is 2.96 bits per heavy atom. The average Bonchev–Trinajstić information content (AvgIpc) is 3.14. The number of halogens is 2. The highest BCUT2D eigenvalue weighted by molar-refractivity contribution is 5.85. The van der Waals surface area contributed by atoms with Crippen LogP contribution in [0.25, 0.3) is 0 Å². The standard InChI is InChI=1S/C17H22FN3O.ClH/c1-21-12-15(11-20-21)17-14(7-9-22-17)10-19-8-6-13-4-2-3-5-16(13)18;/h2-5,11-12,14,17,19H,6-10H2,1H3;1H. The SMILES string of the molecule is Cl.Cn1cc(C2OCCC2CNCCc2ccccc2F)cn1. The van der Waals surface area contributed by atoms with Crippen molar-refractivity contribution in [2.45, 2.75) is 18.9 Å². The van der Waals surface area contributed by atoms with Crippen LogP contribution in [0.5, 0.6) is 0 Å². The molecule has 2 unspecified atom stereocenters. The van der Waals surface area contributed by atoms with Gasteiger partial charge in [0.2, 0.25) is 0 Å². The van der Waals surface area contributed by atoms with Gasteiger partial charge in [0.25, 0.3) is 0 Å². The number of ether oxygens (including phenoxy) is 1. The molecule has 1 aliphatic heterocycles. The normalized spacial score (nSPS) is 20.4. The number of aromatic nitrogens is 2. The number of hydrogen-bond donors (Lipinski definition) is 1. The molecular formula is C17H23ClFN3O. The van der Waals surface area contributed by atoms with E-state index in [1.165, 1.54) is 6.07 Å². The molecule has 4 nitrogen and oxygen atoms in total. The molecule has 1 aliphatic rings. The first-order chi connectivity index (χ1) is 10.7. The maximum atomic E-state index is 13.5. The van der Waals surface area contributed by atoms with Gasteiger partial charge in [0.15, 0.2) is 0 Å². The van der Waals surface area contributed by atoms with Crippen molar-refractivity contribution >= 4 is 12.4 Å². The molecule has 1 aromatic heterocycles. The first-order valence-electron chi connectivity index (χ1n) is 7.78. The smallest absolute Gasteiger partial charge is 0.126 e. The monoisotopic (exact) mass is 339 g/mol. The van der Waals surface area contributed by atoms with Gasteiger partial charge in [-0.1, -0.05) is 18.2 Å². The molecule has 0 saturated carbocycles. The Balaban J connectivity index is 0.00000192. The summed E-state index contributed by atoms with van der Waals surface area (Å²) in [6.07, 6.45) is 5.77. The molecule has 2 atom stereocenters. The van der Waals surface area contributed by atoms with Crippen molar-refractivity contribution in [3.8, 4) is 0 Å². The Labute approximate surface area is 142 Å². The molecular weight excluding hydrogens is 317 g/mol. The topological polar surface area (TPSA) is 39.1 Å². The van der Waals surface area contributed by atoms with Crippen LogP contribution in [0.3, 0.4) is 0 Å². The summed E-state index contributed by atoms with van der Waals surface area (Å²) in [6, 6.07) is 6.95. The van der Waals surface area contributed by atoms with Crippen LogP contribution in [0.4, 0.5) is 4.39 Å². The molecule has 0 aliphatic carbocycles. The zero-order valence-corrected chi connectivity index (χ0v) is 14.1. The van der Waals surface area contributed by atoms with Crippen LogP contribution >= 0.6 is 12.4 Å². The third kappa shape index (κ3) is 4.53. The Hall–Kier alpha value is -1.43. The van der Waals surface area contributed by atoms with Crippen molar-refractivity contribution in [3.63, 3.8) is 0 Å². The van der Waals surface area contributed by atoms with Crippen molar-refractivity contribution in [2.75, 3.05) is 19.7 Å². The minimum Gasteiger partial charge on any atom is -0.373 e. The van der Waals surface area contributed by atoms with E-state index >= 15 is 0 Å². The second-order valence-corrected chi connectivity index (χ2v) is 5.83.